The van der Waals surface area contributed by atoms with Crippen LogP contribution in [-0.2, 0) is 5.41 Å². The molecule has 1 saturated carbocycles. The fourth-order valence-electron chi connectivity index (χ4n) is 3.32. The fourth-order valence-corrected chi connectivity index (χ4v) is 4.52. The molecule has 1 atom stereocenters. The van der Waals surface area contributed by atoms with Gasteiger partial charge in [0.15, 0.2) is 0 Å². The van der Waals surface area contributed by atoms with Gasteiger partial charge in [-0.05, 0) is 36.9 Å². The highest BCUT2D eigenvalue weighted by molar-refractivity contribution is 7.12. The van der Waals surface area contributed by atoms with E-state index in [0.29, 0.717) is 6.04 Å². The molecule has 2 N–H and O–H groups in total. The number of nitrogens with two attached hydrogens (primary N) is 1. The average Bonchev–Trinajstić information content (AvgIpc) is 3.05. The molecule has 114 valence electrons. The zero-order chi connectivity index (χ0) is 14.8. The maximum atomic E-state index is 6.13. The molecule has 2 nitrogen and oxygen atoms in total. The SMILES string of the molecule is CCN(C1CCCC1)C(CN)c1ccc(C(C)(C)C)s1. The highest BCUT2D eigenvalue weighted by Crippen LogP contribution is 2.36. The first-order valence-corrected chi connectivity index (χ1v) is 8.85. The topological polar surface area (TPSA) is 29.3 Å². The van der Waals surface area contributed by atoms with Gasteiger partial charge in [0.05, 0.1) is 6.04 Å². The van der Waals surface area contributed by atoms with Crippen LogP contribution >= 0.6 is 11.3 Å². The second-order valence-electron chi connectivity index (χ2n) is 6.97. The smallest absolute Gasteiger partial charge is 0.0566 e. The summed E-state index contributed by atoms with van der Waals surface area (Å²) in [6, 6.07) is 5.75. The van der Waals surface area contributed by atoms with Gasteiger partial charge in [0, 0.05) is 22.3 Å². The van der Waals surface area contributed by atoms with E-state index in [2.05, 4.69) is 44.7 Å². The number of hydrogen-bond donors (Lipinski definition) is 1. The molecule has 1 heterocycles. The van der Waals surface area contributed by atoms with E-state index in [1.165, 1.54) is 35.4 Å². The molecule has 0 aliphatic heterocycles. The molecule has 1 aliphatic rings. The summed E-state index contributed by atoms with van der Waals surface area (Å²) in [7, 11) is 0. The molecule has 1 aromatic heterocycles. The Bertz CT molecular complexity index is 413. The van der Waals surface area contributed by atoms with Gasteiger partial charge in [-0.3, -0.25) is 4.90 Å². The minimum absolute atomic E-state index is 0.243. The van der Waals surface area contributed by atoms with Crippen molar-refractivity contribution in [2.24, 2.45) is 5.73 Å². The van der Waals surface area contributed by atoms with Crippen LogP contribution in [0.4, 0.5) is 0 Å². The zero-order valence-electron chi connectivity index (χ0n) is 13.5. The van der Waals surface area contributed by atoms with Gasteiger partial charge in [-0.2, -0.15) is 0 Å². The summed E-state index contributed by atoms with van der Waals surface area (Å²) < 4.78 is 0. The summed E-state index contributed by atoms with van der Waals surface area (Å²) in [5.74, 6) is 0. The molecule has 1 unspecified atom stereocenters. The number of nitrogens with zero attached hydrogens (tertiary/aromatic N) is 1. The van der Waals surface area contributed by atoms with E-state index in [1.807, 2.05) is 11.3 Å². The normalized spacial score (nSPS) is 18.9. The van der Waals surface area contributed by atoms with Gasteiger partial charge in [-0.1, -0.05) is 40.5 Å². The molecule has 3 heteroatoms. The monoisotopic (exact) mass is 294 g/mol. The van der Waals surface area contributed by atoms with Crippen LogP contribution in [-0.4, -0.2) is 24.0 Å². The van der Waals surface area contributed by atoms with E-state index >= 15 is 0 Å². The Morgan fingerprint density at radius 3 is 2.40 bits per heavy atom. The molecule has 20 heavy (non-hydrogen) atoms. The van der Waals surface area contributed by atoms with Gasteiger partial charge in [0.1, 0.15) is 0 Å². The lowest BCUT2D eigenvalue weighted by molar-refractivity contribution is 0.149. The highest BCUT2D eigenvalue weighted by Gasteiger charge is 2.29. The van der Waals surface area contributed by atoms with Gasteiger partial charge in [0.25, 0.3) is 0 Å². The van der Waals surface area contributed by atoms with Crippen LogP contribution in [0, 0.1) is 0 Å². The fraction of sp³-hybridized carbons (Fsp3) is 0.765. The van der Waals surface area contributed by atoms with Crippen molar-refractivity contribution in [1.29, 1.82) is 0 Å². The first-order chi connectivity index (χ1) is 9.47. The van der Waals surface area contributed by atoms with Crippen LogP contribution in [0.1, 0.15) is 69.2 Å². The molecule has 0 saturated heterocycles. The summed E-state index contributed by atoms with van der Waals surface area (Å²) in [4.78, 5) is 5.56. The van der Waals surface area contributed by atoms with Gasteiger partial charge in [-0.15, -0.1) is 11.3 Å². The van der Waals surface area contributed by atoms with E-state index in [1.54, 1.807) is 0 Å². The molecule has 1 aliphatic carbocycles. The third-order valence-corrected chi connectivity index (χ3v) is 6.09. The van der Waals surface area contributed by atoms with Crippen molar-refractivity contribution in [1.82, 2.24) is 4.90 Å². The van der Waals surface area contributed by atoms with Crippen molar-refractivity contribution < 1.29 is 0 Å². The Hall–Kier alpha value is -0.380. The number of hydrogen-bond acceptors (Lipinski definition) is 3. The lowest BCUT2D eigenvalue weighted by Crippen LogP contribution is -2.39. The second-order valence-corrected chi connectivity index (χ2v) is 8.09. The Labute approximate surface area is 128 Å². The molecule has 1 aromatic rings. The number of thiophene rings is 1. The van der Waals surface area contributed by atoms with Crippen LogP contribution in [0.2, 0.25) is 0 Å². The van der Waals surface area contributed by atoms with Crippen LogP contribution in [0.5, 0.6) is 0 Å². The molecule has 0 radical (unpaired) electrons. The van der Waals surface area contributed by atoms with Gasteiger partial charge >= 0.3 is 0 Å². The maximum absolute atomic E-state index is 6.13. The Kier molecular flexibility index (Phi) is 5.27. The first kappa shape index (κ1) is 16.0. The van der Waals surface area contributed by atoms with E-state index < -0.39 is 0 Å². The van der Waals surface area contributed by atoms with Crippen molar-refractivity contribution in [3.8, 4) is 0 Å². The summed E-state index contributed by atoms with van der Waals surface area (Å²) in [6.45, 7) is 11.0. The lowest BCUT2D eigenvalue weighted by atomic mass is 9.95. The predicted octanol–water partition coefficient (Wildman–Crippen LogP) is 4.31. The molecule has 0 bridgehead atoms. The molecule has 0 aromatic carbocycles. The molecular weight excluding hydrogens is 264 g/mol. The Morgan fingerprint density at radius 2 is 1.95 bits per heavy atom. The largest absolute Gasteiger partial charge is 0.329 e. The van der Waals surface area contributed by atoms with E-state index in [9.17, 15) is 0 Å². The minimum Gasteiger partial charge on any atom is -0.329 e. The van der Waals surface area contributed by atoms with Crippen LogP contribution in [0.15, 0.2) is 12.1 Å². The Morgan fingerprint density at radius 1 is 1.30 bits per heavy atom. The van der Waals surface area contributed by atoms with Crippen molar-refractivity contribution >= 4 is 11.3 Å². The summed E-state index contributed by atoms with van der Waals surface area (Å²) in [5, 5.41) is 0. The van der Waals surface area contributed by atoms with E-state index in [4.69, 9.17) is 5.73 Å². The number of rotatable bonds is 5. The van der Waals surface area contributed by atoms with E-state index in [-0.39, 0.29) is 5.41 Å². The second kappa shape index (κ2) is 6.59. The Balaban J connectivity index is 2.19. The summed E-state index contributed by atoms with van der Waals surface area (Å²) in [5.41, 5.74) is 6.37. The minimum atomic E-state index is 0.243. The quantitative estimate of drug-likeness (QED) is 0.877. The van der Waals surface area contributed by atoms with Crippen LogP contribution < -0.4 is 5.73 Å². The summed E-state index contributed by atoms with van der Waals surface area (Å²) in [6.07, 6.45) is 5.47. The third-order valence-electron chi connectivity index (χ3n) is 4.48. The van der Waals surface area contributed by atoms with Gasteiger partial charge in [-0.25, -0.2) is 0 Å². The lowest BCUT2D eigenvalue weighted by Gasteiger charge is -2.34. The first-order valence-electron chi connectivity index (χ1n) is 8.03. The molecular formula is C17H30N2S. The van der Waals surface area contributed by atoms with Crippen molar-refractivity contribution in [2.45, 2.75) is 70.9 Å². The molecule has 2 rings (SSSR count). The third kappa shape index (κ3) is 3.44. The van der Waals surface area contributed by atoms with E-state index in [0.717, 1.165) is 19.1 Å². The van der Waals surface area contributed by atoms with Crippen LogP contribution in [0.25, 0.3) is 0 Å². The van der Waals surface area contributed by atoms with Crippen molar-refractivity contribution in [2.75, 3.05) is 13.1 Å². The summed E-state index contributed by atoms with van der Waals surface area (Å²) >= 11 is 1.95. The van der Waals surface area contributed by atoms with Gasteiger partial charge in [0.2, 0.25) is 0 Å². The average molecular weight is 295 g/mol. The number of likely N-dealkylation sites (N-methyl/N-ethyl adjacent to an activating group) is 1. The van der Waals surface area contributed by atoms with Gasteiger partial charge < -0.3 is 5.73 Å². The van der Waals surface area contributed by atoms with Crippen molar-refractivity contribution in [3.05, 3.63) is 21.9 Å². The van der Waals surface area contributed by atoms with Crippen LogP contribution in [0.3, 0.4) is 0 Å². The zero-order valence-corrected chi connectivity index (χ0v) is 14.3. The molecule has 0 spiro atoms. The molecule has 0 amide bonds. The molecule has 1 fully saturated rings. The van der Waals surface area contributed by atoms with Crippen molar-refractivity contribution in [3.63, 3.8) is 0 Å². The highest BCUT2D eigenvalue weighted by atomic mass is 32.1. The maximum Gasteiger partial charge on any atom is 0.0566 e. The standard InChI is InChI=1S/C17H30N2S/c1-5-19(13-8-6-7-9-13)14(12-18)15-10-11-16(20-15)17(2,3)4/h10-11,13-14H,5-9,12,18H2,1-4H3. The predicted molar refractivity (Wildman–Crippen MR) is 89.5 cm³/mol.